The molecule has 1 aliphatic rings. The van der Waals surface area contributed by atoms with Crippen LogP contribution in [0.2, 0.25) is 0 Å². The molecule has 39 heavy (non-hydrogen) atoms. The van der Waals surface area contributed by atoms with Crippen LogP contribution in [0.4, 0.5) is 11.4 Å². The van der Waals surface area contributed by atoms with E-state index in [0.717, 1.165) is 20.3 Å². The second-order valence-electron chi connectivity index (χ2n) is 9.16. The molecule has 4 rings (SSSR count). The van der Waals surface area contributed by atoms with Crippen LogP contribution in [-0.2, 0) is 35.6 Å². The van der Waals surface area contributed by atoms with Crippen molar-refractivity contribution >= 4 is 61.8 Å². The van der Waals surface area contributed by atoms with Gasteiger partial charge in [0.15, 0.2) is 6.61 Å². The summed E-state index contributed by atoms with van der Waals surface area (Å²) in [6, 6.07) is 18.0. The Morgan fingerprint density at radius 2 is 1.74 bits per heavy atom. The fourth-order valence-electron chi connectivity index (χ4n) is 4.49. The van der Waals surface area contributed by atoms with E-state index in [4.69, 9.17) is 4.74 Å². The third-order valence-corrected chi connectivity index (χ3v) is 8.92. The summed E-state index contributed by atoms with van der Waals surface area (Å²) in [5.74, 6) is -1.44. The van der Waals surface area contributed by atoms with Gasteiger partial charge < -0.3 is 15.4 Å². The lowest BCUT2D eigenvalue weighted by molar-refractivity contribution is -0.148. The molecule has 1 heterocycles. The molecule has 2 N–H and O–H groups in total. The summed E-state index contributed by atoms with van der Waals surface area (Å²) in [6.07, 6.45) is 0.235. The predicted octanol–water partition coefficient (Wildman–Crippen LogP) is 4.42. The number of aryl methyl sites for hydroxylation is 1. The van der Waals surface area contributed by atoms with E-state index in [2.05, 4.69) is 33.2 Å². The summed E-state index contributed by atoms with van der Waals surface area (Å²) in [7, 11) is -3.99. The maximum Gasteiger partial charge on any atom is 0.308 e. The second-order valence-corrected chi connectivity index (χ2v) is 12.3. The number of benzene rings is 3. The number of carbonyl (C=O) groups excluding carboxylic acids is 3. The maximum absolute atomic E-state index is 13.7. The molecule has 9 nitrogen and oxygen atoms in total. The molecule has 0 fully saturated rings. The summed E-state index contributed by atoms with van der Waals surface area (Å²) >= 11 is 2.18. The van der Waals surface area contributed by atoms with Gasteiger partial charge in [0.1, 0.15) is 0 Å². The lowest BCUT2D eigenvalue weighted by atomic mass is 9.92. The minimum absolute atomic E-state index is 0.0432. The lowest BCUT2D eigenvalue weighted by Crippen LogP contribution is -2.41. The molecule has 2 amide bonds. The Kier molecular flexibility index (Phi) is 9.03. The minimum atomic E-state index is -3.99. The fraction of sp³-hybridized carbons (Fsp3) is 0.250. The van der Waals surface area contributed by atoms with E-state index in [1.807, 2.05) is 31.2 Å². The van der Waals surface area contributed by atoms with Crippen LogP contribution in [-0.4, -0.2) is 43.7 Å². The number of rotatable bonds is 8. The van der Waals surface area contributed by atoms with Gasteiger partial charge in [0.2, 0.25) is 15.9 Å². The van der Waals surface area contributed by atoms with Gasteiger partial charge in [-0.15, -0.1) is 0 Å². The highest BCUT2D eigenvalue weighted by molar-refractivity contribution is 14.1. The van der Waals surface area contributed by atoms with Crippen LogP contribution in [0.25, 0.3) is 0 Å². The normalized spacial score (nSPS) is 15.2. The molecule has 0 aliphatic carbocycles. The van der Waals surface area contributed by atoms with E-state index < -0.39 is 34.5 Å². The molecule has 0 radical (unpaired) electrons. The topological polar surface area (TPSA) is 122 Å². The van der Waals surface area contributed by atoms with Gasteiger partial charge in [-0.25, -0.2) is 8.42 Å². The first-order valence-electron chi connectivity index (χ1n) is 12.2. The molecule has 1 unspecified atom stereocenters. The first-order chi connectivity index (χ1) is 18.5. The lowest BCUT2D eigenvalue weighted by Gasteiger charge is -2.36. The number of sulfonamides is 1. The first-order valence-corrected chi connectivity index (χ1v) is 14.8. The number of amides is 2. The van der Waals surface area contributed by atoms with Crippen LogP contribution < -0.4 is 10.6 Å². The van der Waals surface area contributed by atoms with Gasteiger partial charge >= 0.3 is 5.97 Å². The van der Waals surface area contributed by atoms with Gasteiger partial charge in [0.25, 0.3) is 5.91 Å². The number of ether oxygens (including phenoxy) is 1. The highest BCUT2D eigenvalue weighted by atomic mass is 127. The van der Waals surface area contributed by atoms with Crippen molar-refractivity contribution in [2.45, 2.75) is 37.6 Å². The van der Waals surface area contributed by atoms with Crippen molar-refractivity contribution in [2.75, 3.05) is 23.8 Å². The summed E-state index contributed by atoms with van der Waals surface area (Å²) in [5.41, 5.74) is 3.66. The average molecular weight is 662 g/mol. The average Bonchev–Trinajstić information content (AvgIpc) is 2.89. The fourth-order valence-corrected chi connectivity index (χ4v) is 6.75. The van der Waals surface area contributed by atoms with Crippen molar-refractivity contribution < 1.29 is 27.5 Å². The van der Waals surface area contributed by atoms with Gasteiger partial charge in [-0.05, 0) is 95.1 Å². The molecular formula is C28H28IN3O6S. The third-order valence-electron chi connectivity index (χ3n) is 6.33. The number of halogens is 1. The van der Waals surface area contributed by atoms with Crippen molar-refractivity contribution in [3.8, 4) is 0 Å². The van der Waals surface area contributed by atoms with Gasteiger partial charge in [-0.1, -0.05) is 24.3 Å². The van der Waals surface area contributed by atoms with E-state index in [9.17, 15) is 22.8 Å². The van der Waals surface area contributed by atoms with Crippen molar-refractivity contribution in [1.82, 2.24) is 4.31 Å². The zero-order chi connectivity index (χ0) is 28.2. The van der Waals surface area contributed by atoms with Crippen LogP contribution in [0.15, 0.2) is 71.6 Å². The van der Waals surface area contributed by atoms with E-state index in [-0.39, 0.29) is 23.8 Å². The molecule has 0 saturated heterocycles. The van der Waals surface area contributed by atoms with Gasteiger partial charge in [0.05, 0.1) is 17.4 Å². The molecular weight excluding hydrogens is 633 g/mol. The Labute approximate surface area is 241 Å². The molecule has 204 valence electrons. The van der Waals surface area contributed by atoms with Crippen molar-refractivity contribution in [2.24, 2.45) is 0 Å². The first kappa shape index (κ1) is 28.7. The summed E-state index contributed by atoms with van der Waals surface area (Å²) in [5, 5.41) is 5.34. The molecule has 3 aromatic carbocycles. The number of carbonyl (C=O) groups is 3. The molecule has 3 aromatic rings. The zero-order valence-corrected chi connectivity index (χ0v) is 24.4. The van der Waals surface area contributed by atoms with E-state index in [0.29, 0.717) is 17.8 Å². The molecule has 0 aromatic heterocycles. The van der Waals surface area contributed by atoms with Crippen LogP contribution >= 0.6 is 22.6 Å². The van der Waals surface area contributed by atoms with E-state index in [1.54, 1.807) is 18.2 Å². The summed E-state index contributed by atoms with van der Waals surface area (Å²) in [4.78, 5) is 36.7. The Morgan fingerprint density at radius 1 is 1.03 bits per heavy atom. The van der Waals surface area contributed by atoms with Gasteiger partial charge in [-0.3, -0.25) is 14.4 Å². The van der Waals surface area contributed by atoms with Crippen molar-refractivity contribution in [3.63, 3.8) is 0 Å². The Morgan fingerprint density at radius 3 is 2.44 bits per heavy atom. The maximum atomic E-state index is 13.7. The monoisotopic (exact) mass is 661 g/mol. The Hall–Kier alpha value is -3.29. The SMILES string of the molecule is CC(=O)Nc1ccc(S(=O)(=O)N2CCc3ccccc3C2CC(=O)OCC(=O)Nc2ccc(I)cc2C)cc1. The minimum Gasteiger partial charge on any atom is -0.456 e. The standard InChI is InChI=1S/C28H28IN3O6S/c1-18-15-21(29)7-12-25(18)31-27(34)17-38-28(35)16-26-24-6-4-3-5-20(24)13-14-32(26)39(36,37)23-10-8-22(9-11-23)30-19(2)33/h3-12,15,26H,13-14,16-17H2,1-2H3,(H,30,33)(H,31,34). The number of anilines is 2. The van der Waals surface area contributed by atoms with E-state index in [1.165, 1.54) is 35.5 Å². The van der Waals surface area contributed by atoms with Crippen LogP contribution in [0.1, 0.15) is 36.1 Å². The van der Waals surface area contributed by atoms with Crippen LogP contribution in [0.5, 0.6) is 0 Å². The summed E-state index contributed by atoms with van der Waals surface area (Å²) in [6.45, 7) is 2.92. The molecule has 0 spiro atoms. The second kappa shape index (κ2) is 12.3. The highest BCUT2D eigenvalue weighted by Crippen LogP contribution is 2.36. The number of nitrogens with one attached hydrogen (secondary N) is 2. The smallest absolute Gasteiger partial charge is 0.308 e. The Bertz CT molecular complexity index is 1510. The molecule has 1 aliphatic heterocycles. The number of hydrogen-bond donors (Lipinski definition) is 2. The van der Waals surface area contributed by atoms with Gasteiger partial charge in [-0.2, -0.15) is 4.31 Å². The van der Waals surface area contributed by atoms with Crippen molar-refractivity contribution in [1.29, 1.82) is 0 Å². The third kappa shape index (κ3) is 7.02. The highest BCUT2D eigenvalue weighted by Gasteiger charge is 2.38. The van der Waals surface area contributed by atoms with E-state index >= 15 is 0 Å². The number of fused-ring (bicyclic) bond motifs is 1. The van der Waals surface area contributed by atoms with Crippen LogP contribution in [0, 0.1) is 10.5 Å². The number of nitrogens with zero attached hydrogens (tertiary/aromatic N) is 1. The Balaban J connectivity index is 1.49. The van der Waals surface area contributed by atoms with Gasteiger partial charge in [0, 0.05) is 28.4 Å². The zero-order valence-electron chi connectivity index (χ0n) is 21.4. The van der Waals surface area contributed by atoms with Crippen LogP contribution in [0.3, 0.4) is 0 Å². The molecule has 1 atom stereocenters. The van der Waals surface area contributed by atoms with Crippen molar-refractivity contribution in [3.05, 3.63) is 87.0 Å². The largest absolute Gasteiger partial charge is 0.456 e. The molecule has 0 bridgehead atoms. The number of esters is 1. The summed E-state index contributed by atoms with van der Waals surface area (Å²) < 4.78 is 34.9. The quantitative estimate of drug-likeness (QED) is 0.273. The number of hydrogen-bond acceptors (Lipinski definition) is 6. The predicted molar refractivity (Wildman–Crippen MR) is 156 cm³/mol. The molecule has 0 saturated carbocycles. The molecule has 11 heteroatoms.